The molecule has 3 fully saturated rings. The molecule has 2 aromatic carbocycles. The van der Waals surface area contributed by atoms with E-state index in [9.17, 15) is 19.6 Å². The van der Waals surface area contributed by atoms with E-state index >= 15 is 8.78 Å². The second kappa shape index (κ2) is 14.4. The van der Waals surface area contributed by atoms with Crippen LogP contribution in [0.4, 0.5) is 29.2 Å². The van der Waals surface area contributed by atoms with Gasteiger partial charge in [-0.25, -0.2) is 28.3 Å². The first-order valence-electron chi connectivity index (χ1n) is 18.3. The molecule has 2 N–H and O–H groups in total. The molecular formula is C39H42ClF2N7O5S. The number of anilines is 2. The fraction of sp³-hybridized carbons (Fsp3) is 0.487. The van der Waals surface area contributed by atoms with Gasteiger partial charge in [-0.1, -0.05) is 30.5 Å². The van der Waals surface area contributed by atoms with E-state index in [1.807, 2.05) is 31.7 Å². The largest absolute Gasteiger partial charge is 0.444 e. The van der Waals surface area contributed by atoms with Crippen LogP contribution < -0.4 is 15.5 Å². The van der Waals surface area contributed by atoms with E-state index in [4.69, 9.17) is 26.1 Å². The average Bonchev–Trinajstić information content (AvgIpc) is 3.80. The number of rotatable bonds is 5. The molecule has 4 aromatic rings. The molecule has 2 aliphatic heterocycles. The topological polar surface area (TPSA) is 150 Å². The van der Waals surface area contributed by atoms with Crippen LogP contribution in [-0.2, 0) is 9.47 Å². The molecule has 3 amide bonds. The lowest BCUT2D eigenvalue weighted by atomic mass is 9.97. The van der Waals surface area contributed by atoms with Gasteiger partial charge in [-0.3, -0.25) is 15.0 Å². The zero-order valence-electron chi connectivity index (χ0n) is 31.4. The standard InChI is InChI=1S/C39H42ClF2N7O5S/c1-38(2,3)53-36(51)47-35-24(16-43)27-22(13-14-26(41)31(27)55-35)28-25(40)15-23-30(29(28)42)45-32(34(50)44-19-9-7-8-10-19)46-33(23)48-17-20-11-12-21(18-48)49(20)37(52)54-39(4,5)6/h13-15,19-21H,7-12,17-18H2,1-6H3,(H,44,50)(H,47,51). The summed E-state index contributed by atoms with van der Waals surface area (Å²) in [5.74, 6) is -2.08. The molecule has 2 bridgehead atoms. The predicted octanol–water partition coefficient (Wildman–Crippen LogP) is 8.92. The molecule has 2 saturated heterocycles. The Bertz CT molecular complexity index is 2260. The van der Waals surface area contributed by atoms with Crippen LogP contribution in [-0.4, -0.2) is 75.4 Å². The number of nitriles is 1. The lowest BCUT2D eigenvalue weighted by molar-refractivity contribution is 0.0122. The van der Waals surface area contributed by atoms with Gasteiger partial charge in [0.25, 0.3) is 5.91 Å². The van der Waals surface area contributed by atoms with Crippen molar-refractivity contribution < 1.29 is 32.6 Å². The summed E-state index contributed by atoms with van der Waals surface area (Å²) >= 11 is 7.75. The molecule has 1 saturated carbocycles. The Labute approximate surface area is 326 Å². The lowest BCUT2D eigenvalue weighted by Crippen LogP contribution is -2.57. The van der Waals surface area contributed by atoms with Crippen LogP contribution in [0.5, 0.6) is 0 Å². The summed E-state index contributed by atoms with van der Waals surface area (Å²) < 4.78 is 43.8. The van der Waals surface area contributed by atoms with Crippen molar-refractivity contribution in [1.82, 2.24) is 20.2 Å². The van der Waals surface area contributed by atoms with E-state index in [1.54, 1.807) is 25.7 Å². The number of amides is 3. The average molecular weight is 794 g/mol. The van der Waals surface area contributed by atoms with Crippen molar-refractivity contribution in [3.8, 4) is 17.2 Å². The monoisotopic (exact) mass is 793 g/mol. The van der Waals surface area contributed by atoms with Crippen LogP contribution in [0, 0.1) is 23.0 Å². The van der Waals surface area contributed by atoms with Crippen molar-refractivity contribution in [3.63, 3.8) is 0 Å². The molecule has 290 valence electrons. The molecule has 16 heteroatoms. The number of carbonyl (C=O) groups excluding carboxylic acids is 3. The fourth-order valence-corrected chi connectivity index (χ4v) is 9.11. The van der Waals surface area contributed by atoms with Crippen LogP contribution >= 0.6 is 22.9 Å². The number of benzene rings is 2. The van der Waals surface area contributed by atoms with Crippen molar-refractivity contribution in [2.45, 2.75) is 109 Å². The van der Waals surface area contributed by atoms with E-state index in [0.29, 0.717) is 13.1 Å². The molecule has 0 spiro atoms. The smallest absolute Gasteiger partial charge is 0.412 e. The number of ether oxygens (including phenoxy) is 2. The molecule has 55 heavy (non-hydrogen) atoms. The Morgan fingerprint density at radius 1 is 0.982 bits per heavy atom. The van der Waals surface area contributed by atoms with Crippen LogP contribution in [0.2, 0.25) is 5.02 Å². The van der Waals surface area contributed by atoms with E-state index in [1.165, 1.54) is 12.1 Å². The van der Waals surface area contributed by atoms with Crippen LogP contribution in [0.15, 0.2) is 18.2 Å². The summed E-state index contributed by atoms with van der Waals surface area (Å²) in [6, 6.07) is 5.51. The molecule has 2 unspecified atom stereocenters. The minimum absolute atomic E-state index is 0.00554. The van der Waals surface area contributed by atoms with Gasteiger partial charge in [-0.2, -0.15) is 5.26 Å². The van der Waals surface area contributed by atoms with Gasteiger partial charge in [0.1, 0.15) is 39.4 Å². The van der Waals surface area contributed by atoms with Gasteiger partial charge in [0.2, 0.25) is 5.82 Å². The normalized spacial score (nSPS) is 18.8. The van der Waals surface area contributed by atoms with Gasteiger partial charge in [0.05, 0.1) is 27.4 Å². The minimum Gasteiger partial charge on any atom is -0.444 e. The number of fused-ring (bicyclic) bond motifs is 4. The Morgan fingerprint density at radius 3 is 2.25 bits per heavy atom. The molecule has 2 aromatic heterocycles. The third kappa shape index (κ3) is 7.58. The molecule has 0 radical (unpaired) electrons. The SMILES string of the molecule is CC(C)(C)OC(=O)Nc1sc2c(F)ccc(-c3c(Cl)cc4c(N5CC6CCC(C5)N6C(=O)OC(C)(C)C)nc(C(=O)NC5CCCC5)nc4c3F)c2c1C#N. The summed E-state index contributed by atoms with van der Waals surface area (Å²) in [4.78, 5) is 52.5. The van der Waals surface area contributed by atoms with Crippen LogP contribution in [0.1, 0.15) is 96.2 Å². The van der Waals surface area contributed by atoms with Crippen molar-refractivity contribution in [1.29, 1.82) is 5.26 Å². The first-order valence-corrected chi connectivity index (χ1v) is 19.5. The van der Waals surface area contributed by atoms with E-state index in [2.05, 4.69) is 15.6 Å². The second-order valence-electron chi connectivity index (χ2n) is 16.3. The Hall–Kier alpha value is -4.81. The first kappa shape index (κ1) is 38.5. The maximum Gasteiger partial charge on any atom is 0.412 e. The van der Waals surface area contributed by atoms with Crippen molar-refractivity contribution in [2.24, 2.45) is 0 Å². The second-order valence-corrected chi connectivity index (χ2v) is 17.7. The number of piperazine rings is 1. The van der Waals surface area contributed by atoms with E-state index < -0.39 is 40.9 Å². The van der Waals surface area contributed by atoms with Crippen LogP contribution in [0.3, 0.4) is 0 Å². The molecular weight excluding hydrogens is 752 g/mol. The van der Waals surface area contributed by atoms with Gasteiger partial charge >= 0.3 is 12.2 Å². The highest BCUT2D eigenvalue weighted by molar-refractivity contribution is 7.23. The highest BCUT2D eigenvalue weighted by Gasteiger charge is 2.45. The van der Waals surface area contributed by atoms with Gasteiger partial charge in [0.15, 0.2) is 5.82 Å². The Balaban J connectivity index is 1.35. The molecule has 12 nitrogen and oxygen atoms in total. The van der Waals surface area contributed by atoms with Gasteiger partial charge in [0, 0.05) is 35.5 Å². The zero-order chi connectivity index (χ0) is 39.6. The summed E-state index contributed by atoms with van der Waals surface area (Å²) in [6.45, 7) is 11.2. The summed E-state index contributed by atoms with van der Waals surface area (Å²) in [5.41, 5.74) is -1.89. The van der Waals surface area contributed by atoms with Crippen molar-refractivity contribution in [3.05, 3.63) is 46.2 Å². The summed E-state index contributed by atoms with van der Waals surface area (Å²) in [7, 11) is 0. The Morgan fingerprint density at radius 2 is 1.64 bits per heavy atom. The molecule has 3 aliphatic rings. The number of nitrogens with one attached hydrogen (secondary N) is 2. The fourth-order valence-electron chi connectivity index (χ4n) is 7.75. The zero-order valence-corrected chi connectivity index (χ0v) is 33.0. The summed E-state index contributed by atoms with van der Waals surface area (Å²) in [6.07, 6.45) is 3.78. The maximum absolute atomic E-state index is 17.3. The molecule has 4 heterocycles. The highest BCUT2D eigenvalue weighted by atomic mass is 35.5. The quantitative estimate of drug-likeness (QED) is 0.202. The lowest BCUT2D eigenvalue weighted by Gasteiger charge is -2.42. The molecule has 7 rings (SSSR count). The third-order valence-electron chi connectivity index (χ3n) is 9.93. The maximum atomic E-state index is 17.3. The van der Waals surface area contributed by atoms with Crippen LogP contribution in [0.25, 0.3) is 32.1 Å². The Kier molecular flexibility index (Phi) is 10.0. The first-order chi connectivity index (χ1) is 25.9. The number of hydrogen-bond donors (Lipinski definition) is 2. The number of aromatic nitrogens is 2. The van der Waals surface area contributed by atoms with Crippen molar-refractivity contribution >= 4 is 72.8 Å². The van der Waals surface area contributed by atoms with Crippen molar-refractivity contribution in [2.75, 3.05) is 23.3 Å². The van der Waals surface area contributed by atoms with Gasteiger partial charge < -0.3 is 19.7 Å². The number of halogens is 3. The highest BCUT2D eigenvalue weighted by Crippen LogP contribution is 2.47. The number of carbonyl (C=O) groups is 3. The van der Waals surface area contributed by atoms with Gasteiger partial charge in [-0.05, 0) is 84.9 Å². The number of hydrogen-bond acceptors (Lipinski definition) is 10. The van der Waals surface area contributed by atoms with E-state index in [0.717, 1.165) is 55.9 Å². The minimum atomic E-state index is -0.902. The number of thiophene rings is 1. The summed E-state index contributed by atoms with van der Waals surface area (Å²) in [5, 5.41) is 16.1. The van der Waals surface area contributed by atoms with E-state index in [-0.39, 0.29) is 77.5 Å². The third-order valence-corrected chi connectivity index (χ3v) is 11.3. The van der Waals surface area contributed by atoms with Gasteiger partial charge in [-0.15, -0.1) is 11.3 Å². The number of nitrogens with zero attached hydrogens (tertiary/aromatic N) is 5. The molecule has 2 atom stereocenters. The predicted molar refractivity (Wildman–Crippen MR) is 207 cm³/mol. The molecule has 1 aliphatic carbocycles.